The number of imide groups is 1. The molecule has 1 aromatic heterocycles. The molecule has 0 spiro atoms. The van der Waals surface area contributed by atoms with Gasteiger partial charge >= 0.3 is 5.97 Å². The molecule has 1 fully saturated rings. The second kappa shape index (κ2) is 6.82. The van der Waals surface area contributed by atoms with Crippen LogP contribution in [0.5, 0.6) is 0 Å². The number of carbonyl (C=O) groups is 3. The second-order valence-corrected chi connectivity index (χ2v) is 7.09. The van der Waals surface area contributed by atoms with E-state index < -0.39 is 11.9 Å². The van der Waals surface area contributed by atoms with Crippen molar-refractivity contribution in [1.29, 1.82) is 0 Å². The number of halogens is 2. The third kappa shape index (κ3) is 2.96. The molecule has 0 atom stereocenters. The monoisotopic (exact) mass is 414 g/mol. The number of carboxylic acid groups (broad SMARTS) is 1. The summed E-state index contributed by atoms with van der Waals surface area (Å²) in [6.07, 6.45) is 1.27. The molecule has 2 amide bonds. The predicted octanol–water partition coefficient (Wildman–Crippen LogP) is 4.52. The van der Waals surface area contributed by atoms with Gasteiger partial charge in [0.25, 0.3) is 5.91 Å². The molecule has 0 radical (unpaired) electrons. The molecule has 8 heteroatoms. The molecule has 1 saturated heterocycles. The van der Waals surface area contributed by atoms with Gasteiger partial charge in [0.2, 0.25) is 5.91 Å². The first kappa shape index (κ1) is 18.3. The maximum absolute atomic E-state index is 12.8. The Morgan fingerprint density at radius 2 is 1.86 bits per heavy atom. The molecule has 140 valence electrons. The van der Waals surface area contributed by atoms with Crippen LogP contribution in [0.2, 0.25) is 10.0 Å². The van der Waals surface area contributed by atoms with Gasteiger partial charge in [-0.05, 0) is 30.3 Å². The van der Waals surface area contributed by atoms with Crippen LogP contribution in [-0.2, 0) is 9.59 Å². The van der Waals surface area contributed by atoms with E-state index in [-0.39, 0.29) is 34.2 Å². The number of anilines is 1. The number of nitrogens with zero attached hydrogens (tertiary/aromatic N) is 1. The molecule has 0 saturated carbocycles. The molecule has 2 N–H and O–H groups in total. The first-order valence-corrected chi connectivity index (χ1v) is 8.99. The van der Waals surface area contributed by atoms with Crippen molar-refractivity contribution in [3.05, 3.63) is 69.3 Å². The van der Waals surface area contributed by atoms with Crippen LogP contribution in [-0.4, -0.2) is 27.9 Å². The minimum Gasteiger partial charge on any atom is -0.477 e. The van der Waals surface area contributed by atoms with Crippen LogP contribution >= 0.6 is 23.2 Å². The molecule has 3 aromatic rings. The van der Waals surface area contributed by atoms with Crippen molar-refractivity contribution < 1.29 is 19.5 Å². The number of fused-ring (bicyclic) bond motifs is 1. The Kier molecular flexibility index (Phi) is 4.45. The number of nitrogens with one attached hydrogen (secondary N) is 1. The number of para-hydroxylation sites is 1. The smallest absolute Gasteiger partial charge is 0.352 e. The van der Waals surface area contributed by atoms with Crippen LogP contribution in [0.15, 0.2) is 48.0 Å². The van der Waals surface area contributed by atoms with E-state index in [4.69, 9.17) is 23.2 Å². The highest BCUT2D eigenvalue weighted by Gasteiger charge is 2.35. The number of aromatic amines is 1. The van der Waals surface area contributed by atoms with Gasteiger partial charge in [-0.3, -0.25) is 9.59 Å². The fraction of sp³-hybridized carbons (Fsp3) is 0.0500. The Bertz CT molecular complexity index is 1180. The number of amides is 2. The van der Waals surface area contributed by atoms with Gasteiger partial charge < -0.3 is 10.1 Å². The van der Waals surface area contributed by atoms with Crippen LogP contribution in [0.4, 0.5) is 5.69 Å². The summed E-state index contributed by atoms with van der Waals surface area (Å²) in [6.45, 7) is 0. The summed E-state index contributed by atoms with van der Waals surface area (Å²) < 4.78 is 0. The van der Waals surface area contributed by atoms with Gasteiger partial charge in [-0.15, -0.1) is 0 Å². The molecule has 6 nitrogen and oxygen atoms in total. The summed E-state index contributed by atoms with van der Waals surface area (Å²) in [7, 11) is 0. The average Bonchev–Trinajstić information content (AvgIpc) is 3.13. The van der Waals surface area contributed by atoms with Crippen molar-refractivity contribution in [2.75, 3.05) is 4.90 Å². The average molecular weight is 415 g/mol. The number of aromatic nitrogens is 1. The molecule has 4 rings (SSSR count). The minimum atomic E-state index is -1.22. The maximum atomic E-state index is 12.8. The summed E-state index contributed by atoms with van der Waals surface area (Å²) >= 11 is 12.3. The number of hydrogen-bond donors (Lipinski definition) is 2. The fourth-order valence-electron chi connectivity index (χ4n) is 3.29. The number of carboxylic acids is 1. The number of benzene rings is 2. The summed E-state index contributed by atoms with van der Waals surface area (Å²) in [5, 5.41) is 10.6. The lowest BCUT2D eigenvalue weighted by molar-refractivity contribution is -0.120. The Morgan fingerprint density at radius 3 is 2.54 bits per heavy atom. The number of hydrogen-bond acceptors (Lipinski definition) is 3. The Hall–Kier alpha value is -3.09. The topological polar surface area (TPSA) is 90.5 Å². The molecule has 1 aliphatic rings. The second-order valence-electron chi connectivity index (χ2n) is 6.25. The normalized spacial score (nSPS) is 15.8. The van der Waals surface area contributed by atoms with E-state index in [9.17, 15) is 19.5 Å². The first-order valence-electron chi connectivity index (χ1n) is 8.23. The molecule has 0 bridgehead atoms. The molecule has 2 aromatic carbocycles. The summed E-state index contributed by atoms with van der Waals surface area (Å²) in [4.78, 5) is 40.8. The molecular formula is C20H12Cl2N2O4. The SMILES string of the molecule is O=C(O)c1[nH]c2cc(Cl)cc(Cl)c2c1/C=C1\CC(=O)N(c2ccccc2)C1=O. The lowest BCUT2D eigenvalue weighted by atomic mass is 10.1. The van der Waals surface area contributed by atoms with Gasteiger partial charge in [-0.2, -0.15) is 0 Å². The largest absolute Gasteiger partial charge is 0.477 e. The Labute approximate surface area is 169 Å². The van der Waals surface area contributed by atoms with Crippen molar-refractivity contribution >= 4 is 63.7 Å². The van der Waals surface area contributed by atoms with E-state index in [2.05, 4.69) is 4.98 Å². The number of carbonyl (C=O) groups excluding carboxylic acids is 2. The van der Waals surface area contributed by atoms with Crippen molar-refractivity contribution in [3.8, 4) is 0 Å². The van der Waals surface area contributed by atoms with Crippen molar-refractivity contribution in [1.82, 2.24) is 4.98 Å². The Balaban J connectivity index is 1.87. The highest BCUT2D eigenvalue weighted by Crippen LogP contribution is 2.35. The molecular weight excluding hydrogens is 403 g/mol. The number of H-pyrrole nitrogens is 1. The van der Waals surface area contributed by atoms with Crippen LogP contribution in [0.25, 0.3) is 17.0 Å². The lowest BCUT2D eigenvalue weighted by Crippen LogP contribution is -2.28. The summed E-state index contributed by atoms with van der Waals surface area (Å²) in [5.74, 6) is -2.09. The van der Waals surface area contributed by atoms with Crippen molar-refractivity contribution in [2.45, 2.75) is 6.42 Å². The molecule has 1 aliphatic heterocycles. The quantitative estimate of drug-likeness (QED) is 0.486. The van der Waals surface area contributed by atoms with Crippen LogP contribution in [0, 0.1) is 0 Å². The van der Waals surface area contributed by atoms with Gasteiger partial charge in [0, 0.05) is 27.1 Å². The van der Waals surface area contributed by atoms with Crippen molar-refractivity contribution in [2.24, 2.45) is 0 Å². The van der Waals surface area contributed by atoms with Crippen LogP contribution in [0.3, 0.4) is 0 Å². The van der Waals surface area contributed by atoms with Crippen LogP contribution < -0.4 is 4.90 Å². The van der Waals surface area contributed by atoms with E-state index in [0.29, 0.717) is 21.6 Å². The van der Waals surface area contributed by atoms with Crippen molar-refractivity contribution in [3.63, 3.8) is 0 Å². The minimum absolute atomic E-state index is 0.134. The summed E-state index contributed by atoms with van der Waals surface area (Å²) in [6, 6.07) is 11.6. The number of aromatic carboxylic acids is 1. The fourth-order valence-corrected chi connectivity index (χ4v) is 3.88. The zero-order valence-corrected chi connectivity index (χ0v) is 15.7. The highest BCUT2D eigenvalue weighted by atomic mass is 35.5. The molecule has 2 heterocycles. The lowest BCUT2D eigenvalue weighted by Gasteiger charge is -2.12. The zero-order chi connectivity index (χ0) is 20.0. The van der Waals surface area contributed by atoms with Crippen LogP contribution in [0.1, 0.15) is 22.5 Å². The molecule has 0 unspecified atom stereocenters. The Morgan fingerprint density at radius 1 is 1.14 bits per heavy atom. The third-order valence-electron chi connectivity index (χ3n) is 4.47. The van der Waals surface area contributed by atoms with E-state index >= 15 is 0 Å². The van der Waals surface area contributed by atoms with Gasteiger partial charge in [0.1, 0.15) is 5.69 Å². The first-order chi connectivity index (χ1) is 13.4. The van der Waals surface area contributed by atoms with Gasteiger partial charge in [-0.25, -0.2) is 9.69 Å². The van der Waals surface area contributed by atoms with Gasteiger partial charge in [0.05, 0.1) is 17.1 Å². The highest BCUT2D eigenvalue weighted by molar-refractivity contribution is 6.39. The molecule has 28 heavy (non-hydrogen) atoms. The van der Waals surface area contributed by atoms with E-state index in [1.165, 1.54) is 12.1 Å². The predicted molar refractivity (Wildman–Crippen MR) is 107 cm³/mol. The standard InChI is InChI=1S/C20H12Cl2N2O4/c21-11-8-14(22)17-13(18(20(27)28)23-15(17)9-11)6-10-7-16(25)24(19(10)26)12-4-2-1-3-5-12/h1-6,8-9,23H,7H2,(H,27,28)/b10-6+. The summed E-state index contributed by atoms with van der Waals surface area (Å²) in [5.41, 5.74) is 1.17. The van der Waals surface area contributed by atoms with E-state index in [0.717, 1.165) is 4.90 Å². The zero-order valence-electron chi connectivity index (χ0n) is 14.2. The maximum Gasteiger partial charge on any atom is 0.352 e. The van der Waals surface area contributed by atoms with E-state index in [1.807, 2.05) is 0 Å². The molecule has 0 aliphatic carbocycles. The third-order valence-corrected chi connectivity index (χ3v) is 4.99. The van der Waals surface area contributed by atoms with Gasteiger partial charge in [-0.1, -0.05) is 41.4 Å². The number of rotatable bonds is 3. The van der Waals surface area contributed by atoms with E-state index in [1.54, 1.807) is 36.4 Å². The van der Waals surface area contributed by atoms with Gasteiger partial charge in [0.15, 0.2) is 0 Å².